The van der Waals surface area contributed by atoms with E-state index in [0.29, 0.717) is 18.4 Å². The standard InChI is InChI=1S/C19H32N2O3/c1-19(2,3)18(24)21-8-4-5-14(10-21)17(23)20-16-13-7-6-12(9-13)15(16)11-22/h12-16,22H,4-11H2,1-3H3,(H,20,23). The molecule has 136 valence electrons. The molecule has 0 spiro atoms. The second-order valence-electron chi connectivity index (χ2n) is 9.05. The van der Waals surface area contributed by atoms with Crippen molar-refractivity contribution in [1.29, 1.82) is 0 Å². The van der Waals surface area contributed by atoms with Gasteiger partial charge in [-0.2, -0.15) is 0 Å². The Labute approximate surface area is 145 Å². The minimum Gasteiger partial charge on any atom is -0.396 e. The SMILES string of the molecule is CC(C)(C)C(=O)N1CCCC(C(=O)NC2C3CCC(C3)C2CO)C1. The van der Waals surface area contributed by atoms with Crippen LogP contribution in [0.2, 0.25) is 0 Å². The predicted octanol–water partition coefficient (Wildman–Crippen LogP) is 1.79. The topological polar surface area (TPSA) is 69.6 Å². The van der Waals surface area contributed by atoms with Crippen molar-refractivity contribution in [2.45, 2.75) is 58.9 Å². The Hall–Kier alpha value is -1.10. The Morgan fingerprint density at radius 3 is 2.54 bits per heavy atom. The van der Waals surface area contributed by atoms with Crippen molar-refractivity contribution in [2.24, 2.45) is 29.1 Å². The summed E-state index contributed by atoms with van der Waals surface area (Å²) in [4.78, 5) is 27.1. The summed E-state index contributed by atoms with van der Waals surface area (Å²) in [6.07, 6.45) is 5.25. The van der Waals surface area contributed by atoms with Crippen LogP contribution < -0.4 is 5.32 Å². The number of amides is 2. The van der Waals surface area contributed by atoms with Crippen molar-refractivity contribution in [1.82, 2.24) is 10.2 Å². The first kappa shape index (κ1) is 17.7. The summed E-state index contributed by atoms with van der Waals surface area (Å²) in [5.41, 5.74) is -0.398. The number of carbonyl (C=O) groups is 2. The van der Waals surface area contributed by atoms with Gasteiger partial charge in [0, 0.05) is 37.1 Å². The van der Waals surface area contributed by atoms with Crippen molar-refractivity contribution in [3.05, 3.63) is 0 Å². The van der Waals surface area contributed by atoms with Crippen molar-refractivity contribution in [3.63, 3.8) is 0 Å². The third-order valence-electron chi connectivity index (χ3n) is 6.33. The Morgan fingerprint density at radius 1 is 1.17 bits per heavy atom. The summed E-state index contributed by atoms with van der Waals surface area (Å²) >= 11 is 0. The minimum absolute atomic E-state index is 0.0809. The lowest BCUT2D eigenvalue weighted by Gasteiger charge is -2.37. The highest BCUT2D eigenvalue weighted by Gasteiger charge is 2.48. The Balaban J connectivity index is 1.60. The second kappa shape index (κ2) is 6.66. The average Bonchev–Trinajstić information content (AvgIpc) is 3.14. The first-order valence-electron chi connectivity index (χ1n) is 9.52. The summed E-state index contributed by atoms with van der Waals surface area (Å²) in [5, 5.41) is 12.9. The molecule has 5 nitrogen and oxygen atoms in total. The van der Waals surface area contributed by atoms with Gasteiger partial charge in [0.2, 0.25) is 11.8 Å². The zero-order chi connectivity index (χ0) is 17.5. The van der Waals surface area contributed by atoms with Crippen molar-refractivity contribution < 1.29 is 14.7 Å². The van der Waals surface area contributed by atoms with Crippen LogP contribution in [-0.2, 0) is 9.59 Å². The Bertz CT molecular complexity index is 499. The zero-order valence-corrected chi connectivity index (χ0v) is 15.3. The molecule has 2 saturated carbocycles. The van der Waals surface area contributed by atoms with Crippen LogP contribution in [0.1, 0.15) is 52.9 Å². The van der Waals surface area contributed by atoms with Gasteiger partial charge in [0.25, 0.3) is 0 Å². The van der Waals surface area contributed by atoms with Gasteiger partial charge < -0.3 is 15.3 Å². The Kier molecular flexibility index (Phi) is 4.92. The number of hydrogen-bond donors (Lipinski definition) is 2. The fraction of sp³-hybridized carbons (Fsp3) is 0.895. The number of carbonyl (C=O) groups excluding carboxylic acids is 2. The maximum Gasteiger partial charge on any atom is 0.227 e. The third-order valence-corrected chi connectivity index (χ3v) is 6.33. The van der Waals surface area contributed by atoms with Gasteiger partial charge in [-0.15, -0.1) is 0 Å². The van der Waals surface area contributed by atoms with Crippen LogP contribution in [0.4, 0.5) is 0 Å². The van der Waals surface area contributed by atoms with Gasteiger partial charge in [0.15, 0.2) is 0 Å². The highest BCUT2D eigenvalue weighted by Crippen LogP contribution is 2.48. The number of nitrogens with one attached hydrogen (secondary N) is 1. The quantitative estimate of drug-likeness (QED) is 0.825. The van der Waals surface area contributed by atoms with E-state index in [1.807, 2.05) is 25.7 Å². The smallest absolute Gasteiger partial charge is 0.227 e. The number of aliphatic hydroxyl groups is 1. The van der Waals surface area contributed by atoms with Gasteiger partial charge in [-0.05, 0) is 43.9 Å². The Morgan fingerprint density at radius 2 is 1.88 bits per heavy atom. The molecule has 2 aliphatic carbocycles. The number of nitrogens with zero attached hydrogens (tertiary/aromatic N) is 1. The zero-order valence-electron chi connectivity index (χ0n) is 15.3. The average molecular weight is 336 g/mol. The van der Waals surface area contributed by atoms with Crippen LogP contribution in [0.15, 0.2) is 0 Å². The molecule has 5 unspecified atom stereocenters. The van der Waals surface area contributed by atoms with Crippen LogP contribution >= 0.6 is 0 Å². The molecule has 0 aromatic heterocycles. The van der Waals surface area contributed by atoms with Gasteiger partial charge >= 0.3 is 0 Å². The first-order chi connectivity index (χ1) is 11.3. The molecule has 3 fully saturated rings. The molecule has 0 aromatic rings. The monoisotopic (exact) mass is 336 g/mol. The summed E-state index contributed by atoms with van der Waals surface area (Å²) in [7, 11) is 0. The molecule has 24 heavy (non-hydrogen) atoms. The van der Waals surface area contributed by atoms with Gasteiger partial charge in [0.1, 0.15) is 0 Å². The number of piperidine rings is 1. The molecule has 1 saturated heterocycles. The van der Waals surface area contributed by atoms with Crippen LogP contribution in [-0.4, -0.2) is 47.6 Å². The van der Waals surface area contributed by atoms with E-state index in [1.165, 1.54) is 12.8 Å². The lowest BCUT2D eigenvalue weighted by Crippen LogP contribution is -2.52. The molecule has 0 radical (unpaired) electrons. The van der Waals surface area contributed by atoms with E-state index < -0.39 is 5.41 Å². The third kappa shape index (κ3) is 3.32. The molecule has 2 bridgehead atoms. The van der Waals surface area contributed by atoms with Gasteiger partial charge in [-0.25, -0.2) is 0 Å². The van der Waals surface area contributed by atoms with Gasteiger partial charge in [0.05, 0.1) is 5.92 Å². The molecule has 1 heterocycles. The molecular weight excluding hydrogens is 304 g/mol. The van der Waals surface area contributed by atoms with Gasteiger partial charge in [-0.3, -0.25) is 9.59 Å². The molecule has 0 aromatic carbocycles. The molecule has 2 amide bonds. The van der Waals surface area contributed by atoms with Crippen LogP contribution in [0.25, 0.3) is 0 Å². The predicted molar refractivity (Wildman–Crippen MR) is 92.1 cm³/mol. The molecule has 1 aliphatic heterocycles. The molecular formula is C19H32N2O3. The van der Waals surface area contributed by atoms with Crippen LogP contribution in [0.3, 0.4) is 0 Å². The van der Waals surface area contributed by atoms with Gasteiger partial charge in [-0.1, -0.05) is 20.8 Å². The first-order valence-corrected chi connectivity index (χ1v) is 9.52. The molecule has 5 atom stereocenters. The van der Waals surface area contributed by atoms with E-state index in [1.54, 1.807) is 0 Å². The second-order valence-corrected chi connectivity index (χ2v) is 9.05. The lowest BCUT2D eigenvalue weighted by atomic mass is 9.84. The largest absolute Gasteiger partial charge is 0.396 e. The fourth-order valence-corrected chi connectivity index (χ4v) is 5.03. The number of aliphatic hydroxyl groups excluding tert-OH is 1. The molecule has 3 aliphatic rings. The lowest BCUT2D eigenvalue weighted by molar-refractivity contribution is -0.143. The highest BCUT2D eigenvalue weighted by atomic mass is 16.3. The van der Waals surface area contributed by atoms with Crippen molar-refractivity contribution in [2.75, 3.05) is 19.7 Å². The number of likely N-dealkylation sites (tertiary alicyclic amines) is 1. The van der Waals surface area contributed by atoms with E-state index in [4.69, 9.17) is 0 Å². The summed E-state index contributed by atoms with van der Waals surface area (Å²) in [5.74, 6) is 1.44. The van der Waals surface area contributed by atoms with Crippen LogP contribution in [0.5, 0.6) is 0 Å². The van der Waals surface area contributed by atoms with E-state index >= 15 is 0 Å². The van der Waals surface area contributed by atoms with Crippen LogP contribution in [0, 0.1) is 29.1 Å². The highest BCUT2D eigenvalue weighted by molar-refractivity contribution is 5.84. The summed E-state index contributed by atoms with van der Waals surface area (Å²) < 4.78 is 0. The van der Waals surface area contributed by atoms with E-state index in [9.17, 15) is 14.7 Å². The number of fused-ring (bicyclic) bond motifs is 2. The number of hydrogen-bond acceptors (Lipinski definition) is 3. The number of rotatable bonds is 3. The molecule has 3 rings (SSSR count). The van der Waals surface area contributed by atoms with E-state index in [0.717, 1.165) is 25.8 Å². The van der Waals surface area contributed by atoms with E-state index in [-0.39, 0.29) is 36.3 Å². The summed E-state index contributed by atoms with van der Waals surface area (Å²) in [6.45, 7) is 7.26. The fourth-order valence-electron chi connectivity index (χ4n) is 5.03. The molecule has 5 heteroatoms. The molecule has 2 N–H and O–H groups in total. The van der Waals surface area contributed by atoms with Crippen molar-refractivity contribution in [3.8, 4) is 0 Å². The van der Waals surface area contributed by atoms with Crippen molar-refractivity contribution >= 4 is 11.8 Å². The minimum atomic E-state index is -0.398. The van der Waals surface area contributed by atoms with E-state index in [2.05, 4.69) is 5.32 Å². The maximum absolute atomic E-state index is 12.8. The maximum atomic E-state index is 12.8. The summed E-state index contributed by atoms with van der Waals surface area (Å²) in [6, 6.07) is 0.134. The normalized spacial score (nSPS) is 36.0.